The Morgan fingerprint density at radius 3 is 2.00 bits per heavy atom. The van der Waals surface area contributed by atoms with E-state index < -0.39 is 0 Å². The first-order chi connectivity index (χ1) is 7.07. The smallest absolute Gasteiger partial charge is 0.0354 e. The second-order valence-electron chi connectivity index (χ2n) is 7.03. The molecule has 0 aromatic rings. The van der Waals surface area contributed by atoms with Crippen LogP contribution in [0, 0.1) is 23.2 Å². The fraction of sp³-hybridized carbons (Fsp3) is 1.00. The van der Waals surface area contributed by atoms with E-state index in [0.717, 1.165) is 17.8 Å². The summed E-state index contributed by atoms with van der Waals surface area (Å²) in [6.45, 7) is 7.34. The van der Waals surface area contributed by atoms with Crippen molar-refractivity contribution in [1.82, 2.24) is 0 Å². The first-order valence-electron chi connectivity index (χ1n) is 7.07. The molecular weight excluding hydrogens is 180 g/mol. The highest BCUT2D eigenvalue weighted by molar-refractivity contribution is 4.85. The van der Waals surface area contributed by atoms with Gasteiger partial charge in [-0.05, 0) is 36.0 Å². The van der Waals surface area contributed by atoms with Crippen LogP contribution in [0.5, 0.6) is 0 Å². The lowest BCUT2D eigenvalue weighted by Gasteiger charge is -2.35. The third kappa shape index (κ3) is 2.77. The van der Waals surface area contributed by atoms with Crippen molar-refractivity contribution in [3.8, 4) is 0 Å². The van der Waals surface area contributed by atoms with Crippen LogP contribution in [0.4, 0.5) is 0 Å². The molecule has 3 unspecified atom stereocenters. The molecule has 0 aromatic heterocycles. The van der Waals surface area contributed by atoms with Gasteiger partial charge < -0.3 is 0 Å². The van der Waals surface area contributed by atoms with Crippen LogP contribution in [-0.4, -0.2) is 0 Å². The van der Waals surface area contributed by atoms with E-state index in [-0.39, 0.29) is 0 Å². The molecule has 88 valence electrons. The molecule has 0 bridgehead atoms. The zero-order chi connectivity index (χ0) is 10.9. The van der Waals surface area contributed by atoms with Crippen LogP contribution in [0.25, 0.3) is 0 Å². The quantitative estimate of drug-likeness (QED) is 0.524. The highest BCUT2D eigenvalue weighted by Crippen LogP contribution is 2.45. The maximum Gasteiger partial charge on any atom is -0.0354 e. The van der Waals surface area contributed by atoms with Gasteiger partial charge in [0.1, 0.15) is 0 Å². The van der Waals surface area contributed by atoms with E-state index in [1.165, 1.54) is 44.9 Å². The molecule has 0 saturated heterocycles. The highest BCUT2D eigenvalue weighted by atomic mass is 14.4. The first-order valence-corrected chi connectivity index (χ1v) is 7.07. The summed E-state index contributed by atoms with van der Waals surface area (Å²) in [6.07, 6.45) is 12.2. The highest BCUT2D eigenvalue weighted by Gasteiger charge is 2.34. The Labute approximate surface area is 95.8 Å². The minimum atomic E-state index is 0.548. The largest absolute Gasteiger partial charge is 0.0599 e. The van der Waals surface area contributed by atoms with Gasteiger partial charge >= 0.3 is 0 Å². The normalized spacial score (nSPS) is 38.2. The topological polar surface area (TPSA) is 0 Å². The second-order valence-corrected chi connectivity index (χ2v) is 7.03. The molecule has 0 N–H and O–H groups in total. The Bertz CT molecular complexity index is 199. The Balaban J connectivity index is 2.01. The van der Waals surface area contributed by atoms with Crippen LogP contribution in [0.1, 0.15) is 72.1 Å². The minimum absolute atomic E-state index is 0.548. The average Bonchev–Trinajstić information content (AvgIpc) is 2.38. The third-order valence-electron chi connectivity index (χ3n) is 5.01. The van der Waals surface area contributed by atoms with Gasteiger partial charge in [0.2, 0.25) is 0 Å². The molecule has 2 aliphatic carbocycles. The molecule has 0 spiro atoms. The van der Waals surface area contributed by atoms with Gasteiger partial charge in [-0.1, -0.05) is 59.3 Å². The molecule has 0 heteroatoms. The van der Waals surface area contributed by atoms with E-state index in [4.69, 9.17) is 0 Å². The predicted molar refractivity (Wildman–Crippen MR) is 66.9 cm³/mol. The number of hydrogen-bond donors (Lipinski definition) is 0. The fourth-order valence-electron chi connectivity index (χ4n) is 3.87. The summed E-state index contributed by atoms with van der Waals surface area (Å²) in [5.74, 6) is 3.18. The van der Waals surface area contributed by atoms with Crippen molar-refractivity contribution >= 4 is 0 Å². The molecule has 0 aliphatic heterocycles. The predicted octanol–water partition coefficient (Wildman–Crippen LogP) is 5.03. The van der Waals surface area contributed by atoms with E-state index in [9.17, 15) is 0 Å². The number of fused-ring (bicyclic) bond motifs is 1. The van der Waals surface area contributed by atoms with Gasteiger partial charge in [0.15, 0.2) is 0 Å². The standard InChI is InChI=1S/C15H28/c1-15(2,3)14-10-6-9-12-7-4-5-8-13(12)11-14/h12-14H,4-11H2,1-3H3. The molecule has 2 rings (SSSR count). The SMILES string of the molecule is CC(C)(C)C1CCCC2CCCCC2C1. The van der Waals surface area contributed by atoms with E-state index in [2.05, 4.69) is 20.8 Å². The average molecular weight is 208 g/mol. The maximum atomic E-state index is 2.45. The minimum Gasteiger partial charge on any atom is -0.0599 e. The molecule has 2 fully saturated rings. The molecule has 15 heavy (non-hydrogen) atoms. The van der Waals surface area contributed by atoms with E-state index >= 15 is 0 Å². The fourth-order valence-corrected chi connectivity index (χ4v) is 3.87. The molecule has 2 aliphatic rings. The van der Waals surface area contributed by atoms with Gasteiger partial charge in [-0.2, -0.15) is 0 Å². The summed E-state index contributed by atoms with van der Waals surface area (Å²) in [4.78, 5) is 0. The van der Waals surface area contributed by atoms with Crippen molar-refractivity contribution in [1.29, 1.82) is 0 Å². The van der Waals surface area contributed by atoms with Gasteiger partial charge in [-0.15, -0.1) is 0 Å². The van der Waals surface area contributed by atoms with E-state index in [1.54, 1.807) is 6.42 Å². The van der Waals surface area contributed by atoms with Gasteiger partial charge in [0, 0.05) is 0 Å². The van der Waals surface area contributed by atoms with Gasteiger partial charge in [-0.3, -0.25) is 0 Å². The second kappa shape index (κ2) is 4.47. The zero-order valence-electron chi connectivity index (χ0n) is 10.9. The maximum absolute atomic E-state index is 2.45. The lowest BCUT2D eigenvalue weighted by Crippen LogP contribution is -2.25. The molecule has 0 aromatic carbocycles. The molecule has 0 heterocycles. The van der Waals surface area contributed by atoms with Crippen LogP contribution < -0.4 is 0 Å². The van der Waals surface area contributed by atoms with Crippen molar-refractivity contribution in [2.24, 2.45) is 23.2 Å². The molecule has 0 amide bonds. The van der Waals surface area contributed by atoms with Gasteiger partial charge in [-0.25, -0.2) is 0 Å². The lowest BCUT2D eigenvalue weighted by molar-refractivity contribution is 0.154. The number of hydrogen-bond acceptors (Lipinski definition) is 0. The molecule has 3 atom stereocenters. The zero-order valence-corrected chi connectivity index (χ0v) is 10.9. The van der Waals surface area contributed by atoms with Crippen LogP contribution in [0.3, 0.4) is 0 Å². The van der Waals surface area contributed by atoms with Crippen molar-refractivity contribution in [2.45, 2.75) is 72.1 Å². The molecule has 0 nitrogen and oxygen atoms in total. The summed E-state index contributed by atoms with van der Waals surface area (Å²) in [5.41, 5.74) is 0.548. The van der Waals surface area contributed by atoms with Crippen molar-refractivity contribution in [3.05, 3.63) is 0 Å². The summed E-state index contributed by atoms with van der Waals surface area (Å²) < 4.78 is 0. The summed E-state index contributed by atoms with van der Waals surface area (Å²) >= 11 is 0. The first kappa shape index (κ1) is 11.5. The van der Waals surface area contributed by atoms with Crippen LogP contribution in [0.2, 0.25) is 0 Å². The van der Waals surface area contributed by atoms with E-state index in [0.29, 0.717) is 5.41 Å². The molecular formula is C15H28. The van der Waals surface area contributed by atoms with Gasteiger partial charge in [0.25, 0.3) is 0 Å². The monoisotopic (exact) mass is 208 g/mol. The van der Waals surface area contributed by atoms with Crippen LogP contribution in [-0.2, 0) is 0 Å². The van der Waals surface area contributed by atoms with Crippen molar-refractivity contribution in [3.63, 3.8) is 0 Å². The summed E-state index contributed by atoms with van der Waals surface area (Å²) in [7, 11) is 0. The van der Waals surface area contributed by atoms with Crippen molar-refractivity contribution in [2.75, 3.05) is 0 Å². The Hall–Kier alpha value is 0. The Morgan fingerprint density at radius 1 is 0.733 bits per heavy atom. The molecule has 2 saturated carbocycles. The summed E-state index contributed by atoms with van der Waals surface area (Å²) in [6, 6.07) is 0. The summed E-state index contributed by atoms with van der Waals surface area (Å²) in [5, 5.41) is 0. The Kier molecular flexibility index (Phi) is 3.42. The van der Waals surface area contributed by atoms with Gasteiger partial charge in [0.05, 0.1) is 0 Å². The number of rotatable bonds is 0. The van der Waals surface area contributed by atoms with Crippen LogP contribution in [0.15, 0.2) is 0 Å². The Morgan fingerprint density at radius 2 is 1.33 bits per heavy atom. The van der Waals surface area contributed by atoms with Crippen molar-refractivity contribution < 1.29 is 0 Å². The van der Waals surface area contributed by atoms with Crippen LogP contribution >= 0.6 is 0 Å². The molecule has 0 radical (unpaired) electrons. The third-order valence-corrected chi connectivity index (χ3v) is 5.01. The lowest BCUT2D eigenvalue weighted by atomic mass is 9.70. The van der Waals surface area contributed by atoms with E-state index in [1.807, 2.05) is 0 Å².